The van der Waals surface area contributed by atoms with Crippen molar-refractivity contribution in [1.82, 2.24) is 5.32 Å². The minimum absolute atomic E-state index is 0.252. The second-order valence-corrected chi connectivity index (χ2v) is 6.64. The molecule has 0 saturated carbocycles. The third-order valence-electron chi connectivity index (χ3n) is 4.05. The first kappa shape index (κ1) is 14.3. The molecule has 108 valence electrons. The molecule has 0 amide bonds. The Hall–Kier alpha value is -1.64. The maximum Gasteiger partial charge on any atom is 0.0588 e. The summed E-state index contributed by atoms with van der Waals surface area (Å²) in [7, 11) is 2.04. The number of thiophene rings is 1. The summed E-state index contributed by atoms with van der Waals surface area (Å²) in [5.74, 6) is 0.578. The van der Waals surface area contributed by atoms with Crippen LogP contribution in [0.1, 0.15) is 42.5 Å². The first-order valence-corrected chi connectivity index (χ1v) is 8.32. The fraction of sp³-hybridized carbons (Fsp3) is 0.263. The standard InChI is InChI=1S/C19H21NS/c1-13(2)14-8-10-15(11-9-14)19(20-3)17-12-21-18-7-5-4-6-16(17)18/h4-13,19-20H,1-3H3. The summed E-state index contributed by atoms with van der Waals surface area (Å²) in [6, 6.07) is 17.9. The predicted octanol–water partition coefficient (Wildman–Crippen LogP) is 5.33. The minimum atomic E-state index is 0.252. The SMILES string of the molecule is CNC(c1ccc(C(C)C)cc1)c1csc2ccccc12. The molecular weight excluding hydrogens is 274 g/mol. The lowest BCUT2D eigenvalue weighted by Gasteiger charge is -2.17. The highest BCUT2D eigenvalue weighted by Crippen LogP contribution is 2.33. The highest BCUT2D eigenvalue weighted by Gasteiger charge is 2.16. The van der Waals surface area contributed by atoms with E-state index in [-0.39, 0.29) is 6.04 Å². The van der Waals surface area contributed by atoms with Crippen molar-refractivity contribution in [2.75, 3.05) is 7.05 Å². The Bertz CT molecular complexity index is 725. The fourth-order valence-corrected chi connectivity index (χ4v) is 3.78. The molecule has 0 saturated heterocycles. The van der Waals surface area contributed by atoms with Gasteiger partial charge in [0.05, 0.1) is 6.04 Å². The Kier molecular flexibility index (Phi) is 4.09. The molecule has 0 aliphatic heterocycles. The van der Waals surface area contributed by atoms with Gasteiger partial charge < -0.3 is 5.32 Å². The Morgan fingerprint density at radius 1 is 0.905 bits per heavy atom. The lowest BCUT2D eigenvalue weighted by molar-refractivity contribution is 0.697. The molecule has 0 bridgehead atoms. The molecule has 1 heterocycles. The van der Waals surface area contributed by atoms with Crippen molar-refractivity contribution in [2.24, 2.45) is 0 Å². The van der Waals surface area contributed by atoms with Gasteiger partial charge in [-0.3, -0.25) is 0 Å². The van der Waals surface area contributed by atoms with Crippen LogP contribution in [0.2, 0.25) is 0 Å². The number of nitrogens with one attached hydrogen (secondary N) is 1. The highest BCUT2D eigenvalue weighted by atomic mass is 32.1. The molecule has 2 aromatic carbocycles. The van der Waals surface area contributed by atoms with Gasteiger partial charge in [0.2, 0.25) is 0 Å². The largest absolute Gasteiger partial charge is 0.309 e. The van der Waals surface area contributed by atoms with Gasteiger partial charge in [-0.05, 0) is 46.5 Å². The number of hydrogen-bond donors (Lipinski definition) is 1. The summed E-state index contributed by atoms with van der Waals surface area (Å²) in [4.78, 5) is 0. The molecule has 21 heavy (non-hydrogen) atoms. The van der Waals surface area contributed by atoms with Crippen LogP contribution < -0.4 is 5.32 Å². The second-order valence-electron chi connectivity index (χ2n) is 5.73. The van der Waals surface area contributed by atoms with Crippen LogP contribution in [0.5, 0.6) is 0 Å². The second kappa shape index (κ2) is 6.00. The molecule has 2 heteroatoms. The van der Waals surface area contributed by atoms with Crippen molar-refractivity contribution >= 4 is 21.4 Å². The Labute approximate surface area is 130 Å². The van der Waals surface area contributed by atoms with Crippen molar-refractivity contribution in [3.63, 3.8) is 0 Å². The van der Waals surface area contributed by atoms with E-state index in [1.165, 1.54) is 26.8 Å². The van der Waals surface area contributed by atoms with Crippen LogP contribution in [0, 0.1) is 0 Å². The van der Waals surface area contributed by atoms with Crippen LogP contribution in [0.4, 0.5) is 0 Å². The molecule has 1 nitrogen and oxygen atoms in total. The lowest BCUT2D eigenvalue weighted by atomic mass is 9.95. The van der Waals surface area contributed by atoms with Gasteiger partial charge in [-0.1, -0.05) is 56.3 Å². The van der Waals surface area contributed by atoms with E-state index in [0.29, 0.717) is 5.92 Å². The molecule has 0 fully saturated rings. The third kappa shape index (κ3) is 2.74. The maximum absolute atomic E-state index is 3.47. The molecule has 1 aromatic heterocycles. The smallest absolute Gasteiger partial charge is 0.0588 e. The zero-order valence-electron chi connectivity index (χ0n) is 12.8. The van der Waals surface area contributed by atoms with Gasteiger partial charge in [0.1, 0.15) is 0 Å². The van der Waals surface area contributed by atoms with Crippen LogP contribution in [0.25, 0.3) is 10.1 Å². The molecule has 0 aliphatic carbocycles. The Morgan fingerprint density at radius 3 is 2.24 bits per heavy atom. The fourth-order valence-electron chi connectivity index (χ4n) is 2.80. The van der Waals surface area contributed by atoms with Crippen molar-refractivity contribution in [3.05, 3.63) is 70.6 Å². The van der Waals surface area contributed by atoms with Crippen molar-refractivity contribution in [1.29, 1.82) is 0 Å². The average Bonchev–Trinajstić information content (AvgIpc) is 2.93. The summed E-state index contributed by atoms with van der Waals surface area (Å²) >= 11 is 1.82. The zero-order chi connectivity index (χ0) is 14.8. The Morgan fingerprint density at radius 2 is 1.57 bits per heavy atom. The van der Waals surface area contributed by atoms with Crippen molar-refractivity contribution in [2.45, 2.75) is 25.8 Å². The average molecular weight is 295 g/mol. The van der Waals surface area contributed by atoms with Crippen LogP contribution in [0.3, 0.4) is 0 Å². The van der Waals surface area contributed by atoms with Crippen LogP contribution in [-0.2, 0) is 0 Å². The van der Waals surface area contributed by atoms with Gasteiger partial charge in [-0.15, -0.1) is 11.3 Å². The van der Waals surface area contributed by atoms with E-state index < -0.39 is 0 Å². The molecule has 3 rings (SSSR count). The summed E-state index contributed by atoms with van der Waals surface area (Å²) in [6.45, 7) is 4.47. The van der Waals surface area contributed by atoms with Crippen LogP contribution in [0.15, 0.2) is 53.9 Å². The highest BCUT2D eigenvalue weighted by molar-refractivity contribution is 7.17. The van der Waals surface area contributed by atoms with Gasteiger partial charge >= 0.3 is 0 Å². The first-order chi connectivity index (χ1) is 10.2. The number of benzene rings is 2. The predicted molar refractivity (Wildman–Crippen MR) is 93.3 cm³/mol. The van der Waals surface area contributed by atoms with E-state index >= 15 is 0 Å². The van der Waals surface area contributed by atoms with E-state index in [2.05, 4.69) is 73.1 Å². The third-order valence-corrected chi connectivity index (χ3v) is 5.03. The minimum Gasteiger partial charge on any atom is -0.309 e. The first-order valence-electron chi connectivity index (χ1n) is 7.44. The van der Waals surface area contributed by atoms with E-state index in [1.807, 2.05) is 18.4 Å². The molecular formula is C19H21NS. The lowest BCUT2D eigenvalue weighted by Crippen LogP contribution is -2.17. The summed E-state index contributed by atoms with van der Waals surface area (Å²) in [5.41, 5.74) is 4.09. The van der Waals surface area contributed by atoms with Gasteiger partial charge in [0, 0.05) is 4.70 Å². The molecule has 1 atom stereocenters. The molecule has 0 spiro atoms. The van der Waals surface area contributed by atoms with Gasteiger partial charge in [0.15, 0.2) is 0 Å². The number of rotatable bonds is 4. The zero-order valence-corrected chi connectivity index (χ0v) is 13.6. The topological polar surface area (TPSA) is 12.0 Å². The maximum atomic E-state index is 3.47. The summed E-state index contributed by atoms with van der Waals surface area (Å²) in [6.07, 6.45) is 0. The van der Waals surface area contributed by atoms with Gasteiger partial charge in [-0.2, -0.15) is 0 Å². The molecule has 0 aliphatic rings. The van der Waals surface area contributed by atoms with Gasteiger partial charge in [0.25, 0.3) is 0 Å². The van der Waals surface area contributed by atoms with E-state index in [0.717, 1.165) is 0 Å². The summed E-state index contributed by atoms with van der Waals surface area (Å²) < 4.78 is 1.35. The Balaban J connectivity index is 2.01. The van der Waals surface area contributed by atoms with Crippen molar-refractivity contribution in [3.8, 4) is 0 Å². The van der Waals surface area contributed by atoms with E-state index in [9.17, 15) is 0 Å². The number of hydrogen-bond acceptors (Lipinski definition) is 2. The van der Waals surface area contributed by atoms with E-state index in [4.69, 9.17) is 0 Å². The van der Waals surface area contributed by atoms with Crippen LogP contribution >= 0.6 is 11.3 Å². The quantitative estimate of drug-likeness (QED) is 0.685. The molecule has 1 unspecified atom stereocenters. The molecule has 1 N–H and O–H groups in total. The van der Waals surface area contributed by atoms with Gasteiger partial charge in [-0.25, -0.2) is 0 Å². The van der Waals surface area contributed by atoms with E-state index in [1.54, 1.807) is 0 Å². The van der Waals surface area contributed by atoms with Crippen LogP contribution in [-0.4, -0.2) is 7.05 Å². The molecule has 3 aromatic rings. The molecule has 0 radical (unpaired) electrons. The monoisotopic (exact) mass is 295 g/mol. The van der Waals surface area contributed by atoms with Crippen molar-refractivity contribution < 1.29 is 0 Å². The number of fused-ring (bicyclic) bond motifs is 1. The summed E-state index contributed by atoms with van der Waals surface area (Å²) in [5, 5.41) is 7.10. The normalized spacial score (nSPS) is 13.0.